The average molecular weight is 347 g/mol. The fourth-order valence-corrected chi connectivity index (χ4v) is 3.10. The molecule has 0 aliphatic rings. The van der Waals surface area contributed by atoms with Gasteiger partial charge in [-0.3, -0.25) is 0 Å². The van der Waals surface area contributed by atoms with Crippen LogP contribution < -0.4 is 10.1 Å². The maximum Gasteiger partial charge on any atom is 0.134 e. The van der Waals surface area contributed by atoms with Crippen LogP contribution in [0.2, 0.25) is 4.34 Å². The first-order chi connectivity index (χ1) is 8.69. The largest absolute Gasteiger partial charge is 0.487 e. The molecule has 0 unspecified atom stereocenters. The van der Waals surface area contributed by atoms with Crippen LogP contribution in [0, 0.1) is 0 Å². The van der Waals surface area contributed by atoms with Gasteiger partial charge in [0.15, 0.2) is 0 Å². The summed E-state index contributed by atoms with van der Waals surface area (Å²) in [6.45, 7) is 1.39. The molecule has 1 aromatic carbocycles. The molecule has 0 fully saturated rings. The summed E-state index contributed by atoms with van der Waals surface area (Å²) in [7, 11) is 1.93. The molecule has 0 aliphatic heterocycles. The van der Waals surface area contributed by atoms with E-state index in [1.165, 1.54) is 16.9 Å². The molecule has 0 aliphatic carbocycles. The van der Waals surface area contributed by atoms with E-state index in [1.54, 1.807) is 0 Å². The predicted molar refractivity (Wildman–Crippen MR) is 80.6 cm³/mol. The summed E-state index contributed by atoms with van der Waals surface area (Å²) >= 11 is 10.9. The lowest BCUT2D eigenvalue weighted by Gasteiger charge is -2.08. The van der Waals surface area contributed by atoms with Crippen molar-refractivity contribution in [1.82, 2.24) is 5.32 Å². The second-order valence-electron chi connectivity index (χ2n) is 3.79. The first-order valence-corrected chi connectivity index (χ1v) is 7.48. The minimum atomic E-state index is 0.543. The van der Waals surface area contributed by atoms with Gasteiger partial charge in [-0.15, -0.1) is 11.3 Å². The maximum atomic E-state index is 5.88. The lowest BCUT2D eigenvalue weighted by atomic mass is 10.2. The number of thiophene rings is 1. The zero-order valence-electron chi connectivity index (χ0n) is 9.87. The number of hydrogen-bond donors (Lipinski definition) is 1. The third kappa shape index (κ3) is 3.72. The Labute approximate surface area is 124 Å². The van der Waals surface area contributed by atoms with Gasteiger partial charge in [0.25, 0.3) is 0 Å². The Morgan fingerprint density at radius 1 is 1.33 bits per heavy atom. The fraction of sp³-hybridized carbons (Fsp3) is 0.231. The fourth-order valence-electron chi connectivity index (χ4n) is 1.55. The van der Waals surface area contributed by atoms with Crippen molar-refractivity contribution in [1.29, 1.82) is 0 Å². The van der Waals surface area contributed by atoms with Gasteiger partial charge in [-0.2, -0.15) is 0 Å². The van der Waals surface area contributed by atoms with E-state index in [2.05, 4.69) is 33.4 Å². The van der Waals surface area contributed by atoms with Crippen molar-refractivity contribution in [3.8, 4) is 5.75 Å². The average Bonchev–Trinajstić information content (AvgIpc) is 2.74. The van der Waals surface area contributed by atoms with E-state index in [4.69, 9.17) is 16.3 Å². The summed E-state index contributed by atoms with van der Waals surface area (Å²) in [5.74, 6) is 0.847. The molecule has 0 amide bonds. The molecule has 0 saturated heterocycles. The van der Waals surface area contributed by atoms with Gasteiger partial charge >= 0.3 is 0 Å². The summed E-state index contributed by atoms with van der Waals surface area (Å²) in [6, 6.07) is 9.96. The molecule has 1 aromatic heterocycles. The van der Waals surface area contributed by atoms with Crippen molar-refractivity contribution < 1.29 is 4.74 Å². The van der Waals surface area contributed by atoms with E-state index in [9.17, 15) is 0 Å². The van der Waals surface area contributed by atoms with Crippen LogP contribution in [0.15, 0.2) is 34.8 Å². The van der Waals surface area contributed by atoms with Crippen LogP contribution in [0.3, 0.4) is 0 Å². The molecule has 1 heterocycles. The first-order valence-electron chi connectivity index (χ1n) is 5.49. The second kappa shape index (κ2) is 6.57. The smallest absolute Gasteiger partial charge is 0.134 e. The molecule has 5 heteroatoms. The minimum Gasteiger partial charge on any atom is -0.487 e. The molecule has 0 atom stereocenters. The Kier molecular flexibility index (Phi) is 5.06. The van der Waals surface area contributed by atoms with Crippen molar-refractivity contribution >= 4 is 38.9 Å². The number of benzene rings is 1. The number of halogens is 2. The number of hydrogen-bond acceptors (Lipinski definition) is 3. The highest BCUT2D eigenvalue weighted by molar-refractivity contribution is 9.10. The van der Waals surface area contributed by atoms with Crippen LogP contribution >= 0.6 is 38.9 Å². The lowest BCUT2D eigenvalue weighted by Crippen LogP contribution is -2.05. The zero-order chi connectivity index (χ0) is 13.0. The van der Waals surface area contributed by atoms with Crippen LogP contribution in [0.25, 0.3) is 0 Å². The van der Waals surface area contributed by atoms with Crippen LogP contribution in [-0.2, 0) is 13.2 Å². The van der Waals surface area contributed by atoms with E-state index in [-0.39, 0.29) is 0 Å². The van der Waals surface area contributed by atoms with Gasteiger partial charge in [0, 0.05) is 11.4 Å². The van der Waals surface area contributed by atoms with Gasteiger partial charge in [-0.25, -0.2) is 0 Å². The summed E-state index contributed by atoms with van der Waals surface area (Å²) < 4.78 is 7.51. The molecule has 0 saturated carbocycles. The predicted octanol–water partition coefficient (Wildman–Crippen LogP) is 4.46. The minimum absolute atomic E-state index is 0.543. The third-order valence-electron chi connectivity index (χ3n) is 2.38. The van der Waals surface area contributed by atoms with Gasteiger partial charge < -0.3 is 10.1 Å². The molecule has 2 nitrogen and oxygen atoms in total. The van der Waals surface area contributed by atoms with Gasteiger partial charge in [-0.05, 0) is 52.8 Å². The summed E-state index contributed by atoms with van der Waals surface area (Å²) in [5.41, 5.74) is 1.22. The Balaban J connectivity index is 2.01. The molecule has 2 aromatic rings. The van der Waals surface area contributed by atoms with Crippen molar-refractivity contribution in [2.24, 2.45) is 0 Å². The Morgan fingerprint density at radius 2 is 2.17 bits per heavy atom. The molecule has 1 N–H and O–H groups in total. The standard InChI is InChI=1S/C13H13BrClNOS/c1-16-7-9-2-4-12(11(14)6-9)17-8-10-3-5-13(15)18-10/h2-6,16H,7-8H2,1H3. The van der Waals surface area contributed by atoms with Gasteiger partial charge in [0.05, 0.1) is 8.81 Å². The van der Waals surface area contributed by atoms with Gasteiger partial charge in [-0.1, -0.05) is 17.7 Å². The molecular formula is C13H13BrClNOS. The molecule has 0 radical (unpaired) electrons. The zero-order valence-corrected chi connectivity index (χ0v) is 13.0. The summed E-state index contributed by atoms with van der Waals surface area (Å²) in [6.07, 6.45) is 0. The molecule has 18 heavy (non-hydrogen) atoms. The van der Waals surface area contributed by atoms with E-state index in [0.717, 1.165) is 26.0 Å². The molecule has 96 valence electrons. The SMILES string of the molecule is CNCc1ccc(OCc2ccc(Cl)s2)c(Br)c1. The monoisotopic (exact) mass is 345 g/mol. The van der Waals surface area contributed by atoms with Crippen molar-refractivity contribution in [2.75, 3.05) is 7.05 Å². The van der Waals surface area contributed by atoms with Crippen molar-refractivity contribution in [3.05, 3.63) is 49.6 Å². The second-order valence-corrected chi connectivity index (χ2v) is 6.44. The lowest BCUT2D eigenvalue weighted by molar-refractivity contribution is 0.307. The van der Waals surface area contributed by atoms with Crippen LogP contribution in [0.4, 0.5) is 0 Å². The van der Waals surface area contributed by atoms with Gasteiger partial charge in [0.2, 0.25) is 0 Å². The van der Waals surface area contributed by atoms with Crippen LogP contribution in [-0.4, -0.2) is 7.05 Å². The summed E-state index contributed by atoms with van der Waals surface area (Å²) in [4.78, 5) is 1.12. The van der Waals surface area contributed by atoms with E-state index < -0.39 is 0 Å². The van der Waals surface area contributed by atoms with E-state index >= 15 is 0 Å². The van der Waals surface area contributed by atoms with Crippen LogP contribution in [0.1, 0.15) is 10.4 Å². The third-order valence-corrected chi connectivity index (χ3v) is 4.20. The molecule has 0 bridgehead atoms. The maximum absolute atomic E-state index is 5.88. The highest BCUT2D eigenvalue weighted by atomic mass is 79.9. The van der Waals surface area contributed by atoms with E-state index in [0.29, 0.717) is 6.61 Å². The quantitative estimate of drug-likeness (QED) is 0.863. The Hall–Kier alpha value is -0.550. The van der Waals surface area contributed by atoms with E-state index in [1.807, 2.05) is 25.2 Å². The number of rotatable bonds is 5. The highest BCUT2D eigenvalue weighted by Crippen LogP contribution is 2.28. The Bertz CT molecular complexity index is 529. The Morgan fingerprint density at radius 3 is 2.78 bits per heavy atom. The van der Waals surface area contributed by atoms with Gasteiger partial charge in [0.1, 0.15) is 12.4 Å². The topological polar surface area (TPSA) is 21.3 Å². The first kappa shape index (κ1) is 13.9. The van der Waals surface area contributed by atoms with Crippen LogP contribution in [0.5, 0.6) is 5.75 Å². The highest BCUT2D eigenvalue weighted by Gasteiger charge is 2.04. The van der Waals surface area contributed by atoms with Crippen molar-refractivity contribution in [2.45, 2.75) is 13.2 Å². The summed E-state index contributed by atoms with van der Waals surface area (Å²) in [5, 5.41) is 3.12. The van der Waals surface area contributed by atoms with Crippen molar-refractivity contribution in [3.63, 3.8) is 0 Å². The number of ether oxygens (including phenoxy) is 1. The normalized spacial score (nSPS) is 10.6. The molecular weight excluding hydrogens is 334 g/mol. The molecule has 2 rings (SSSR count). The molecule has 0 spiro atoms. The number of nitrogens with one attached hydrogen (secondary N) is 1.